The third-order valence-electron chi connectivity index (χ3n) is 5.36. The van der Waals surface area contributed by atoms with Crippen LogP contribution in [0.15, 0.2) is 12.1 Å². The minimum atomic E-state index is -0.340. The third-order valence-corrected chi connectivity index (χ3v) is 5.36. The molecule has 25 heavy (non-hydrogen) atoms. The summed E-state index contributed by atoms with van der Waals surface area (Å²) in [6.45, 7) is 4.73. The Bertz CT molecular complexity index is 620. The molecule has 0 aliphatic carbocycles. The van der Waals surface area contributed by atoms with E-state index >= 15 is 0 Å². The maximum absolute atomic E-state index is 11.4. The minimum Gasteiger partial charge on any atom is -0.493 e. The van der Waals surface area contributed by atoms with Gasteiger partial charge in [-0.05, 0) is 50.4 Å². The van der Waals surface area contributed by atoms with Crippen LogP contribution in [-0.2, 0) is 6.54 Å². The predicted molar refractivity (Wildman–Crippen MR) is 97.9 cm³/mol. The van der Waals surface area contributed by atoms with Gasteiger partial charge >= 0.3 is 0 Å². The van der Waals surface area contributed by atoms with Crippen LogP contribution in [0.1, 0.15) is 24.8 Å². The average molecular weight is 372 g/mol. The molecule has 2 fully saturated rings. The quantitative estimate of drug-likeness (QED) is 0.633. The average Bonchev–Trinajstić information content (AvgIpc) is 2.96. The van der Waals surface area contributed by atoms with Crippen LogP contribution in [0.4, 0.5) is 5.69 Å². The van der Waals surface area contributed by atoms with E-state index in [0.717, 1.165) is 26.2 Å². The third kappa shape index (κ3) is 4.16. The molecule has 1 spiro atoms. The zero-order chi connectivity index (χ0) is 17.2. The Morgan fingerprint density at radius 2 is 1.84 bits per heavy atom. The Morgan fingerprint density at radius 3 is 2.44 bits per heavy atom. The first-order chi connectivity index (χ1) is 11.6. The van der Waals surface area contributed by atoms with Gasteiger partial charge in [0.15, 0.2) is 11.5 Å². The molecule has 3 rings (SSSR count). The second kappa shape index (κ2) is 8.21. The molecule has 0 radical (unpaired) electrons. The van der Waals surface area contributed by atoms with Gasteiger partial charge in [-0.15, -0.1) is 12.4 Å². The summed E-state index contributed by atoms with van der Waals surface area (Å²) in [4.78, 5) is 13.4. The molecule has 0 unspecified atom stereocenters. The molecule has 0 amide bonds. The first-order valence-corrected chi connectivity index (χ1v) is 8.39. The number of nitrogens with one attached hydrogen (secondary N) is 1. The van der Waals surface area contributed by atoms with Gasteiger partial charge in [-0.25, -0.2) is 0 Å². The summed E-state index contributed by atoms with van der Waals surface area (Å²) in [6.07, 6.45) is 3.56. The molecule has 0 aromatic heterocycles. The van der Waals surface area contributed by atoms with Crippen molar-refractivity contribution in [3.63, 3.8) is 0 Å². The van der Waals surface area contributed by atoms with Crippen LogP contribution in [-0.4, -0.2) is 50.2 Å². The Kier molecular flexibility index (Phi) is 6.48. The van der Waals surface area contributed by atoms with Gasteiger partial charge in [-0.2, -0.15) is 0 Å². The number of halogens is 1. The van der Waals surface area contributed by atoms with Gasteiger partial charge in [0, 0.05) is 18.7 Å². The molecule has 140 valence electrons. The number of nitro groups is 1. The molecule has 2 saturated heterocycles. The van der Waals surface area contributed by atoms with Crippen molar-refractivity contribution in [1.29, 1.82) is 0 Å². The maximum atomic E-state index is 11.4. The molecule has 0 bridgehead atoms. The van der Waals surface area contributed by atoms with E-state index in [1.165, 1.54) is 32.4 Å². The highest BCUT2D eigenvalue weighted by atomic mass is 35.5. The predicted octanol–water partition coefficient (Wildman–Crippen LogP) is 2.61. The van der Waals surface area contributed by atoms with Crippen LogP contribution >= 0.6 is 12.4 Å². The number of piperidine rings is 1. The van der Waals surface area contributed by atoms with Crippen molar-refractivity contribution in [1.82, 2.24) is 10.2 Å². The van der Waals surface area contributed by atoms with Gasteiger partial charge < -0.3 is 14.8 Å². The minimum absolute atomic E-state index is 0. The summed E-state index contributed by atoms with van der Waals surface area (Å²) >= 11 is 0. The van der Waals surface area contributed by atoms with E-state index in [2.05, 4.69) is 10.2 Å². The van der Waals surface area contributed by atoms with E-state index in [1.807, 2.05) is 0 Å². The van der Waals surface area contributed by atoms with Crippen LogP contribution in [0, 0.1) is 15.5 Å². The van der Waals surface area contributed by atoms with Crippen molar-refractivity contribution in [2.75, 3.05) is 40.4 Å². The standard InChI is InChI=1S/C17H25N3O4.ClH/c1-23-15-9-13(14(20(21)22)10-16(15)24-2)11-19-8-5-17(12-19)3-6-18-7-4-17;/h9-10,18H,3-8,11-12H2,1-2H3;1H. The molecule has 2 aliphatic heterocycles. The first-order valence-electron chi connectivity index (χ1n) is 8.39. The fraction of sp³-hybridized carbons (Fsp3) is 0.647. The lowest BCUT2D eigenvalue weighted by Crippen LogP contribution is -2.38. The number of benzene rings is 1. The summed E-state index contributed by atoms with van der Waals surface area (Å²) in [5.74, 6) is 0.929. The van der Waals surface area contributed by atoms with Gasteiger partial charge in [-0.1, -0.05) is 0 Å². The molecule has 2 aliphatic rings. The highest BCUT2D eigenvalue weighted by molar-refractivity contribution is 5.85. The summed E-state index contributed by atoms with van der Waals surface area (Å²) in [5, 5.41) is 14.9. The first kappa shape index (κ1) is 19.8. The Balaban J connectivity index is 0.00000225. The molecule has 8 heteroatoms. The second-order valence-corrected chi connectivity index (χ2v) is 6.80. The zero-order valence-electron chi connectivity index (χ0n) is 14.7. The van der Waals surface area contributed by atoms with Crippen LogP contribution in [0.5, 0.6) is 11.5 Å². The highest BCUT2D eigenvalue weighted by Gasteiger charge is 2.39. The van der Waals surface area contributed by atoms with Gasteiger partial charge in [0.25, 0.3) is 5.69 Å². The van der Waals surface area contributed by atoms with E-state index in [4.69, 9.17) is 9.47 Å². The number of rotatable bonds is 5. The van der Waals surface area contributed by atoms with E-state index in [9.17, 15) is 10.1 Å². The van der Waals surface area contributed by atoms with Crippen molar-refractivity contribution in [2.24, 2.45) is 5.41 Å². The molecule has 1 aromatic rings. The molecule has 0 atom stereocenters. The van der Waals surface area contributed by atoms with Crippen LogP contribution in [0.25, 0.3) is 0 Å². The molecule has 7 nitrogen and oxygen atoms in total. The molecule has 1 N–H and O–H groups in total. The Labute approximate surface area is 154 Å². The number of hydrogen-bond donors (Lipinski definition) is 1. The van der Waals surface area contributed by atoms with Gasteiger partial charge in [0.2, 0.25) is 0 Å². The van der Waals surface area contributed by atoms with Crippen molar-refractivity contribution in [2.45, 2.75) is 25.8 Å². The van der Waals surface area contributed by atoms with Gasteiger partial charge in [-0.3, -0.25) is 15.0 Å². The van der Waals surface area contributed by atoms with E-state index in [-0.39, 0.29) is 23.0 Å². The van der Waals surface area contributed by atoms with E-state index in [1.54, 1.807) is 13.2 Å². The lowest BCUT2D eigenvalue weighted by Gasteiger charge is -2.33. The Morgan fingerprint density at radius 1 is 1.20 bits per heavy atom. The van der Waals surface area contributed by atoms with Gasteiger partial charge in [0.1, 0.15) is 0 Å². The Hall–Kier alpha value is -1.57. The summed E-state index contributed by atoms with van der Waals surface area (Å²) in [7, 11) is 3.04. The molecular formula is C17H26ClN3O4. The zero-order valence-corrected chi connectivity index (χ0v) is 15.6. The van der Waals surface area contributed by atoms with Crippen molar-refractivity contribution in [3.8, 4) is 11.5 Å². The fourth-order valence-corrected chi connectivity index (χ4v) is 3.98. The summed E-state index contributed by atoms with van der Waals surface area (Å²) in [5.41, 5.74) is 1.17. The molecular weight excluding hydrogens is 346 g/mol. The van der Waals surface area contributed by atoms with Crippen LogP contribution in [0.2, 0.25) is 0 Å². The topological polar surface area (TPSA) is 76.9 Å². The van der Waals surface area contributed by atoms with E-state index < -0.39 is 0 Å². The number of likely N-dealkylation sites (tertiary alicyclic amines) is 1. The maximum Gasteiger partial charge on any atom is 0.277 e. The van der Waals surface area contributed by atoms with E-state index in [0.29, 0.717) is 29.0 Å². The SMILES string of the molecule is COc1cc(CN2CCC3(CCNCC3)C2)c([N+](=O)[O-])cc1OC.Cl. The van der Waals surface area contributed by atoms with Crippen molar-refractivity contribution in [3.05, 3.63) is 27.8 Å². The second-order valence-electron chi connectivity index (χ2n) is 6.80. The fourth-order valence-electron chi connectivity index (χ4n) is 3.98. The molecule has 0 saturated carbocycles. The van der Waals surface area contributed by atoms with Crippen molar-refractivity contribution < 1.29 is 14.4 Å². The highest BCUT2D eigenvalue weighted by Crippen LogP contribution is 2.40. The lowest BCUT2D eigenvalue weighted by molar-refractivity contribution is -0.385. The molecule has 2 heterocycles. The van der Waals surface area contributed by atoms with Crippen molar-refractivity contribution >= 4 is 18.1 Å². The van der Waals surface area contributed by atoms with Gasteiger partial charge in [0.05, 0.1) is 25.2 Å². The number of nitrogens with zero attached hydrogens (tertiary/aromatic N) is 2. The normalized spacial score (nSPS) is 19.4. The summed E-state index contributed by atoms with van der Waals surface area (Å²) in [6, 6.07) is 3.20. The number of nitro benzene ring substituents is 1. The van der Waals surface area contributed by atoms with Crippen LogP contribution in [0.3, 0.4) is 0 Å². The molecule has 1 aromatic carbocycles. The number of ether oxygens (including phenoxy) is 2. The van der Waals surface area contributed by atoms with Crippen LogP contribution < -0.4 is 14.8 Å². The number of hydrogen-bond acceptors (Lipinski definition) is 6. The largest absolute Gasteiger partial charge is 0.493 e. The summed E-state index contributed by atoms with van der Waals surface area (Å²) < 4.78 is 10.5. The number of methoxy groups -OCH3 is 2. The smallest absolute Gasteiger partial charge is 0.277 e. The monoisotopic (exact) mass is 371 g/mol. The lowest BCUT2D eigenvalue weighted by atomic mass is 9.78.